The smallest absolute Gasteiger partial charge is 0.228 e. The fraction of sp³-hybridized carbons (Fsp3) is 0.235. The van der Waals surface area contributed by atoms with E-state index in [1.54, 1.807) is 18.7 Å². The number of hydrogen-bond acceptors (Lipinski definition) is 4. The van der Waals surface area contributed by atoms with E-state index in [0.717, 1.165) is 18.0 Å². The molecule has 1 fully saturated rings. The van der Waals surface area contributed by atoms with Crippen molar-refractivity contribution in [3.8, 4) is 5.82 Å². The van der Waals surface area contributed by atoms with E-state index in [1.807, 2.05) is 42.0 Å². The zero-order valence-electron chi connectivity index (χ0n) is 12.6. The quantitative estimate of drug-likeness (QED) is 0.804. The van der Waals surface area contributed by atoms with Crippen LogP contribution in [0.1, 0.15) is 23.9 Å². The van der Waals surface area contributed by atoms with Crippen molar-refractivity contribution in [3.05, 3.63) is 60.7 Å². The molecule has 0 saturated heterocycles. The van der Waals surface area contributed by atoms with Gasteiger partial charge in [-0.3, -0.25) is 9.36 Å². The molecule has 116 valence electrons. The maximum absolute atomic E-state index is 12.5. The van der Waals surface area contributed by atoms with Crippen LogP contribution in [0.15, 0.2) is 53.5 Å². The number of furan rings is 1. The van der Waals surface area contributed by atoms with Crippen LogP contribution in [0.2, 0.25) is 0 Å². The average molecular weight is 308 g/mol. The SMILES string of the molecule is Cc1nccn1-c1ncccc1NC(=O)[C@H]1C[C@@H]1c1ccco1. The Morgan fingerprint density at radius 2 is 2.22 bits per heavy atom. The third-order valence-corrected chi connectivity index (χ3v) is 4.13. The first-order valence-corrected chi connectivity index (χ1v) is 7.53. The van der Waals surface area contributed by atoms with E-state index in [4.69, 9.17) is 4.42 Å². The summed E-state index contributed by atoms with van der Waals surface area (Å²) >= 11 is 0. The second-order valence-electron chi connectivity index (χ2n) is 5.67. The minimum Gasteiger partial charge on any atom is -0.469 e. The molecule has 3 aromatic heterocycles. The Morgan fingerprint density at radius 1 is 1.30 bits per heavy atom. The zero-order valence-corrected chi connectivity index (χ0v) is 12.6. The predicted molar refractivity (Wildman–Crippen MR) is 84.3 cm³/mol. The van der Waals surface area contributed by atoms with Gasteiger partial charge < -0.3 is 9.73 Å². The number of amides is 1. The highest BCUT2D eigenvalue weighted by Gasteiger charge is 2.46. The Bertz CT molecular complexity index is 838. The first kappa shape index (κ1) is 13.8. The van der Waals surface area contributed by atoms with E-state index in [-0.39, 0.29) is 17.7 Å². The van der Waals surface area contributed by atoms with Crippen molar-refractivity contribution in [3.63, 3.8) is 0 Å². The highest BCUT2D eigenvalue weighted by Crippen LogP contribution is 2.48. The van der Waals surface area contributed by atoms with Gasteiger partial charge in [0.1, 0.15) is 11.6 Å². The molecule has 0 bridgehead atoms. The molecule has 3 heterocycles. The van der Waals surface area contributed by atoms with Crippen LogP contribution < -0.4 is 5.32 Å². The van der Waals surface area contributed by atoms with E-state index in [0.29, 0.717) is 11.5 Å². The number of rotatable bonds is 4. The Labute approximate surface area is 133 Å². The first-order valence-electron chi connectivity index (χ1n) is 7.53. The van der Waals surface area contributed by atoms with E-state index in [1.165, 1.54) is 0 Å². The lowest BCUT2D eigenvalue weighted by Gasteiger charge is -2.11. The number of anilines is 1. The van der Waals surface area contributed by atoms with Gasteiger partial charge in [0.2, 0.25) is 5.91 Å². The van der Waals surface area contributed by atoms with Crippen molar-refractivity contribution in [2.45, 2.75) is 19.3 Å². The third-order valence-electron chi connectivity index (χ3n) is 4.13. The molecule has 1 N–H and O–H groups in total. The average Bonchev–Trinajstić information content (AvgIpc) is 2.96. The lowest BCUT2D eigenvalue weighted by molar-refractivity contribution is -0.117. The summed E-state index contributed by atoms with van der Waals surface area (Å²) in [6, 6.07) is 7.43. The van der Waals surface area contributed by atoms with Crippen LogP contribution in [-0.2, 0) is 4.79 Å². The number of imidazole rings is 1. The van der Waals surface area contributed by atoms with Crippen LogP contribution in [0.3, 0.4) is 0 Å². The predicted octanol–water partition coefficient (Wildman–Crippen LogP) is 2.91. The largest absolute Gasteiger partial charge is 0.469 e. The van der Waals surface area contributed by atoms with E-state index < -0.39 is 0 Å². The molecule has 0 aliphatic heterocycles. The number of carbonyl (C=O) groups excluding carboxylic acids is 1. The second-order valence-corrected chi connectivity index (χ2v) is 5.67. The Balaban J connectivity index is 1.54. The van der Waals surface area contributed by atoms with Gasteiger partial charge in [-0.2, -0.15) is 0 Å². The van der Waals surface area contributed by atoms with Gasteiger partial charge in [0.15, 0.2) is 5.82 Å². The van der Waals surface area contributed by atoms with Crippen LogP contribution in [0, 0.1) is 12.8 Å². The normalized spacial score (nSPS) is 19.5. The second kappa shape index (κ2) is 5.39. The molecule has 1 saturated carbocycles. The first-order chi connectivity index (χ1) is 11.2. The summed E-state index contributed by atoms with van der Waals surface area (Å²) in [5, 5.41) is 2.99. The summed E-state index contributed by atoms with van der Waals surface area (Å²) in [5.41, 5.74) is 0.684. The van der Waals surface area contributed by atoms with Crippen molar-refractivity contribution in [1.82, 2.24) is 14.5 Å². The van der Waals surface area contributed by atoms with Crippen LogP contribution in [-0.4, -0.2) is 20.4 Å². The highest BCUT2D eigenvalue weighted by molar-refractivity contribution is 5.96. The molecule has 0 unspecified atom stereocenters. The van der Waals surface area contributed by atoms with Crippen LogP contribution in [0.5, 0.6) is 0 Å². The number of nitrogens with zero attached hydrogens (tertiary/aromatic N) is 3. The van der Waals surface area contributed by atoms with Gasteiger partial charge in [-0.25, -0.2) is 9.97 Å². The molecular weight excluding hydrogens is 292 g/mol. The number of aromatic nitrogens is 3. The van der Waals surface area contributed by atoms with Gasteiger partial charge in [0, 0.05) is 30.4 Å². The molecule has 6 nitrogen and oxygen atoms in total. The summed E-state index contributed by atoms with van der Waals surface area (Å²) < 4.78 is 7.24. The fourth-order valence-electron chi connectivity index (χ4n) is 2.82. The van der Waals surface area contributed by atoms with Crippen molar-refractivity contribution in [2.75, 3.05) is 5.32 Å². The van der Waals surface area contributed by atoms with Crippen LogP contribution >= 0.6 is 0 Å². The summed E-state index contributed by atoms with van der Waals surface area (Å²) in [7, 11) is 0. The van der Waals surface area contributed by atoms with Gasteiger partial charge >= 0.3 is 0 Å². The molecule has 0 spiro atoms. The standard InChI is InChI=1S/C17H16N4O2/c1-11-18-7-8-21(11)16-14(4-2-6-19-16)20-17(22)13-10-12(13)15-5-3-9-23-15/h2-9,12-13H,10H2,1H3,(H,20,22)/t12-,13-/m0/s1. The van der Waals surface area contributed by atoms with Crippen LogP contribution in [0.4, 0.5) is 5.69 Å². The molecule has 23 heavy (non-hydrogen) atoms. The van der Waals surface area contributed by atoms with Gasteiger partial charge in [0.05, 0.1) is 12.0 Å². The minimum absolute atomic E-state index is 0.00146. The number of hydrogen-bond donors (Lipinski definition) is 1. The lowest BCUT2D eigenvalue weighted by atomic mass is 10.2. The lowest BCUT2D eigenvalue weighted by Crippen LogP contribution is -2.17. The Morgan fingerprint density at radius 3 is 2.96 bits per heavy atom. The summed E-state index contributed by atoms with van der Waals surface area (Å²) in [4.78, 5) is 21.1. The van der Waals surface area contributed by atoms with Gasteiger partial charge in [-0.1, -0.05) is 0 Å². The van der Waals surface area contributed by atoms with Crippen LogP contribution in [0.25, 0.3) is 5.82 Å². The molecule has 0 aromatic carbocycles. The number of aryl methyl sites for hydroxylation is 1. The molecule has 1 aliphatic carbocycles. The summed E-state index contributed by atoms with van der Waals surface area (Å²) in [5.74, 6) is 2.50. The van der Waals surface area contributed by atoms with Crippen molar-refractivity contribution in [2.24, 2.45) is 5.92 Å². The maximum atomic E-state index is 12.5. The topological polar surface area (TPSA) is 73.0 Å². The van der Waals surface area contributed by atoms with Gasteiger partial charge in [-0.15, -0.1) is 0 Å². The summed E-state index contributed by atoms with van der Waals surface area (Å²) in [6.45, 7) is 1.90. The Kier molecular flexibility index (Phi) is 3.22. The Hall–Kier alpha value is -2.89. The molecule has 6 heteroatoms. The van der Waals surface area contributed by atoms with E-state index in [9.17, 15) is 4.79 Å². The monoisotopic (exact) mass is 308 g/mol. The molecule has 0 radical (unpaired) electrons. The molecule has 1 amide bonds. The van der Waals surface area contributed by atoms with Crippen molar-refractivity contribution < 1.29 is 9.21 Å². The van der Waals surface area contributed by atoms with Crippen molar-refractivity contribution in [1.29, 1.82) is 0 Å². The number of carbonyl (C=O) groups is 1. The fourth-order valence-corrected chi connectivity index (χ4v) is 2.82. The maximum Gasteiger partial charge on any atom is 0.228 e. The third kappa shape index (κ3) is 2.52. The molecule has 4 rings (SSSR count). The summed E-state index contributed by atoms with van der Waals surface area (Å²) in [6.07, 6.45) is 7.70. The minimum atomic E-state index is -0.0434. The zero-order chi connectivity index (χ0) is 15.8. The molecular formula is C17H16N4O2. The van der Waals surface area contributed by atoms with E-state index >= 15 is 0 Å². The molecule has 3 aromatic rings. The number of nitrogens with one attached hydrogen (secondary N) is 1. The number of pyridine rings is 1. The highest BCUT2D eigenvalue weighted by atomic mass is 16.3. The van der Waals surface area contributed by atoms with E-state index in [2.05, 4.69) is 15.3 Å². The van der Waals surface area contributed by atoms with Gasteiger partial charge in [0.25, 0.3) is 0 Å². The van der Waals surface area contributed by atoms with Crippen molar-refractivity contribution >= 4 is 11.6 Å². The molecule has 2 atom stereocenters. The van der Waals surface area contributed by atoms with Gasteiger partial charge in [-0.05, 0) is 37.6 Å². The molecule has 1 aliphatic rings.